The van der Waals surface area contributed by atoms with Gasteiger partial charge in [0.1, 0.15) is 11.6 Å². The topological polar surface area (TPSA) is 53.1 Å². The molecule has 0 saturated heterocycles. The molecule has 4 heteroatoms. The van der Waals surface area contributed by atoms with Gasteiger partial charge in [-0.25, -0.2) is 4.98 Å². The van der Waals surface area contributed by atoms with E-state index in [4.69, 9.17) is 15.5 Å². The molecule has 2 aromatic rings. The van der Waals surface area contributed by atoms with E-state index < -0.39 is 0 Å². The van der Waals surface area contributed by atoms with E-state index >= 15 is 0 Å². The zero-order valence-electron chi connectivity index (χ0n) is 12.6. The molecule has 0 atom stereocenters. The van der Waals surface area contributed by atoms with Crippen LogP contribution in [0.5, 0.6) is 5.75 Å². The van der Waals surface area contributed by atoms with Crippen LogP contribution in [0.1, 0.15) is 33.5 Å². The average Bonchev–Trinajstić information content (AvgIpc) is 2.65. The largest absolute Gasteiger partial charge is 0.497 e. The van der Waals surface area contributed by atoms with Crippen molar-refractivity contribution in [2.75, 3.05) is 7.11 Å². The van der Waals surface area contributed by atoms with Crippen LogP contribution >= 0.6 is 0 Å². The number of methoxy groups -OCH3 is 1. The highest BCUT2D eigenvalue weighted by molar-refractivity contribution is 5.78. The number of nitrogens with two attached hydrogens (primary N) is 1. The van der Waals surface area contributed by atoms with E-state index in [9.17, 15) is 0 Å². The number of hydrogen-bond donors (Lipinski definition) is 1. The van der Waals surface area contributed by atoms with Crippen LogP contribution in [-0.4, -0.2) is 22.2 Å². The Morgan fingerprint density at radius 3 is 2.37 bits per heavy atom. The summed E-state index contributed by atoms with van der Waals surface area (Å²) in [6.07, 6.45) is 0. The minimum atomic E-state index is -0.355. The first kappa shape index (κ1) is 13.9. The number of nitrogens with zero attached hydrogens (tertiary/aromatic N) is 2. The summed E-state index contributed by atoms with van der Waals surface area (Å²) in [6, 6.07) is 5.94. The van der Waals surface area contributed by atoms with Crippen molar-refractivity contribution >= 4 is 11.0 Å². The molecule has 0 radical (unpaired) electrons. The van der Waals surface area contributed by atoms with E-state index in [-0.39, 0.29) is 11.0 Å². The first-order valence-electron chi connectivity index (χ1n) is 6.48. The number of fused-ring (bicyclic) bond motifs is 1. The monoisotopic (exact) mass is 261 g/mol. The lowest BCUT2D eigenvalue weighted by molar-refractivity contribution is 0.286. The van der Waals surface area contributed by atoms with Crippen molar-refractivity contribution in [1.82, 2.24) is 9.55 Å². The van der Waals surface area contributed by atoms with E-state index in [0.29, 0.717) is 0 Å². The van der Waals surface area contributed by atoms with Crippen molar-refractivity contribution in [3.63, 3.8) is 0 Å². The molecule has 0 aliphatic heterocycles. The second-order valence-electron chi connectivity index (χ2n) is 6.20. The van der Waals surface area contributed by atoms with Gasteiger partial charge in [-0.1, -0.05) is 13.8 Å². The van der Waals surface area contributed by atoms with Crippen LogP contribution in [0.3, 0.4) is 0 Å². The van der Waals surface area contributed by atoms with Gasteiger partial charge in [-0.05, 0) is 26.0 Å². The summed E-state index contributed by atoms with van der Waals surface area (Å²) in [5.74, 6) is 1.81. The molecular weight excluding hydrogens is 238 g/mol. The molecule has 1 aromatic heterocycles. The Balaban J connectivity index is 2.66. The summed E-state index contributed by atoms with van der Waals surface area (Å²) in [6.45, 7) is 8.33. The molecule has 19 heavy (non-hydrogen) atoms. The van der Waals surface area contributed by atoms with Crippen molar-refractivity contribution in [2.24, 2.45) is 12.8 Å². The van der Waals surface area contributed by atoms with Gasteiger partial charge in [-0.3, -0.25) is 0 Å². The highest BCUT2D eigenvalue weighted by Crippen LogP contribution is 2.34. The van der Waals surface area contributed by atoms with Gasteiger partial charge < -0.3 is 15.0 Å². The predicted molar refractivity (Wildman–Crippen MR) is 78.6 cm³/mol. The van der Waals surface area contributed by atoms with Crippen LogP contribution < -0.4 is 10.5 Å². The lowest BCUT2D eigenvalue weighted by Gasteiger charge is -2.37. The summed E-state index contributed by atoms with van der Waals surface area (Å²) in [4.78, 5) is 4.76. The van der Waals surface area contributed by atoms with Gasteiger partial charge in [0.2, 0.25) is 0 Å². The van der Waals surface area contributed by atoms with Gasteiger partial charge in [-0.15, -0.1) is 0 Å². The number of aryl methyl sites for hydroxylation is 1. The van der Waals surface area contributed by atoms with E-state index in [1.54, 1.807) is 7.11 Å². The maximum absolute atomic E-state index is 6.31. The molecule has 1 aromatic carbocycles. The molecular formula is C15H23N3O. The van der Waals surface area contributed by atoms with Crippen molar-refractivity contribution in [1.29, 1.82) is 0 Å². The maximum atomic E-state index is 6.31. The molecule has 2 rings (SSSR count). The first-order chi connectivity index (χ1) is 8.68. The molecule has 0 amide bonds. The fourth-order valence-electron chi connectivity index (χ4n) is 2.15. The number of hydrogen-bond acceptors (Lipinski definition) is 3. The van der Waals surface area contributed by atoms with Crippen molar-refractivity contribution < 1.29 is 4.74 Å². The van der Waals surface area contributed by atoms with E-state index in [1.807, 2.05) is 39.1 Å². The molecule has 0 aliphatic carbocycles. The molecule has 0 saturated carbocycles. The fraction of sp³-hybridized carbons (Fsp3) is 0.533. The Kier molecular flexibility index (Phi) is 3.09. The average molecular weight is 261 g/mol. The smallest absolute Gasteiger partial charge is 0.121 e. The molecule has 4 nitrogen and oxygen atoms in total. The molecule has 1 heterocycles. The molecule has 0 bridgehead atoms. The minimum Gasteiger partial charge on any atom is -0.497 e. The Labute approximate surface area is 114 Å². The van der Waals surface area contributed by atoms with Crippen molar-refractivity contribution in [3.8, 4) is 5.75 Å². The molecule has 2 N–H and O–H groups in total. The Bertz CT molecular complexity index is 606. The van der Waals surface area contributed by atoms with Crippen LogP contribution in [0.2, 0.25) is 0 Å². The van der Waals surface area contributed by atoms with Gasteiger partial charge in [-0.2, -0.15) is 0 Å². The Morgan fingerprint density at radius 2 is 1.84 bits per heavy atom. The quantitative estimate of drug-likeness (QED) is 0.924. The number of aromatic nitrogens is 2. The first-order valence-corrected chi connectivity index (χ1v) is 6.48. The number of rotatable bonds is 3. The number of imidazole rings is 1. The van der Waals surface area contributed by atoms with Crippen molar-refractivity contribution in [2.45, 2.75) is 38.6 Å². The van der Waals surface area contributed by atoms with Gasteiger partial charge in [0.25, 0.3) is 0 Å². The third kappa shape index (κ3) is 2.10. The molecule has 104 valence electrons. The van der Waals surface area contributed by atoms with Gasteiger partial charge >= 0.3 is 0 Å². The summed E-state index contributed by atoms with van der Waals surface area (Å²) in [7, 11) is 3.70. The van der Waals surface area contributed by atoms with Gasteiger partial charge in [0.05, 0.1) is 18.1 Å². The lowest BCUT2D eigenvalue weighted by atomic mass is 9.74. The summed E-state index contributed by atoms with van der Waals surface area (Å²) in [5, 5.41) is 0. The van der Waals surface area contributed by atoms with Crippen LogP contribution in [0.4, 0.5) is 0 Å². The summed E-state index contributed by atoms with van der Waals surface area (Å²) < 4.78 is 7.36. The number of ether oxygens (including phenoxy) is 1. The molecule has 0 unspecified atom stereocenters. The Morgan fingerprint density at radius 1 is 1.21 bits per heavy atom. The number of benzene rings is 1. The highest BCUT2D eigenvalue weighted by atomic mass is 16.5. The maximum Gasteiger partial charge on any atom is 0.121 e. The van der Waals surface area contributed by atoms with Crippen molar-refractivity contribution in [3.05, 3.63) is 24.0 Å². The molecule has 0 fully saturated rings. The van der Waals surface area contributed by atoms with Crippen LogP contribution in [0.15, 0.2) is 18.2 Å². The second kappa shape index (κ2) is 4.23. The standard InChI is InChI=1S/C15H23N3O/c1-14(2,15(3,4)16)13-17-11-9-10(19-6)7-8-12(11)18(13)5/h7-9H,16H2,1-6H3. The summed E-state index contributed by atoms with van der Waals surface area (Å²) in [5.41, 5.74) is 7.76. The zero-order valence-corrected chi connectivity index (χ0v) is 12.6. The Hall–Kier alpha value is -1.55. The molecule has 0 aliphatic rings. The lowest BCUT2D eigenvalue weighted by Crippen LogP contribution is -2.51. The predicted octanol–water partition coefficient (Wildman–Crippen LogP) is 2.60. The third-order valence-electron chi connectivity index (χ3n) is 4.26. The SMILES string of the molecule is COc1ccc2c(c1)nc(C(C)(C)C(C)(C)N)n2C. The van der Waals surface area contributed by atoms with Gasteiger partial charge in [0, 0.05) is 24.1 Å². The minimum absolute atomic E-state index is 0.228. The van der Waals surface area contributed by atoms with Crippen LogP contribution in [-0.2, 0) is 12.5 Å². The highest BCUT2D eigenvalue weighted by Gasteiger charge is 2.38. The van der Waals surface area contributed by atoms with Crippen LogP contribution in [0.25, 0.3) is 11.0 Å². The second-order valence-corrected chi connectivity index (χ2v) is 6.20. The van der Waals surface area contributed by atoms with E-state index in [1.165, 1.54) is 0 Å². The fourth-order valence-corrected chi connectivity index (χ4v) is 2.15. The van der Waals surface area contributed by atoms with E-state index in [2.05, 4.69) is 18.4 Å². The van der Waals surface area contributed by atoms with E-state index in [0.717, 1.165) is 22.6 Å². The third-order valence-corrected chi connectivity index (χ3v) is 4.26. The van der Waals surface area contributed by atoms with Crippen LogP contribution in [0, 0.1) is 0 Å². The van der Waals surface area contributed by atoms with Gasteiger partial charge in [0.15, 0.2) is 0 Å². The molecule has 0 spiro atoms. The normalized spacial score (nSPS) is 13.0. The zero-order chi connectivity index (χ0) is 14.4. The summed E-state index contributed by atoms with van der Waals surface area (Å²) >= 11 is 0.